The largest absolute Gasteiger partial charge is 0.508 e. The van der Waals surface area contributed by atoms with Crippen LogP contribution in [0.1, 0.15) is 5.56 Å². The van der Waals surface area contributed by atoms with Crippen LogP contribution < -0.4 is 10.2 Å². The summed E-state index contributed by atoms with van der Waals surface area (Å²) in [5.74, 6) is 0.786. The predicted molar refractivity (Wildman–Crippen MR) is 84.0 cm³/mol. The molecule has 0 aliphatic rings. The molecule has 0 fully saturated rings. The van der Waals surface area contributed by atoms with Crippen molar-refractivity contribution < 1.29 is 19.9 Å². The van der Waals surface area contributed by atoms with Crippen LogP contribution in [0.3, 0.4) is 0 Å². The van der Waals surface area contributed by atoms with Gasteiger partial charge in [-0.05, 0) is 35.3 Å². The molecule has 0 spiro atoms. The van der Waals surface area contributed by atoms with Crippen molar-refractivity contribution >= 4 is 23.5 Å². The highest BCUT2D eigenvalue weighted by Crippen LogP contribution is 2.22. The molecular weight excluding hydrogens is 281 g/mol. The minimum atomic E-state index is -1.47. The maximum atomic E-state index is 9.49. The first-order chi connectivity index (χ1) is 10.6. The Kier molecular flexibility index (Phi) is 3.95. The Morgan fingerprint density at radius 1 is 1.00 bits per heavy atom. The van der Waals surface area contributed by atoms with Crippen LogP contribution in [0.25, 0.3) is 10.9 Å². The lowest BCUT2D eigenvalue weighted by atomic mass is 9.80. The molecule has 110 valence electrons. The first-order valence-corrected chi connectivity index (χ1v) is 6.78. The van der Waals surface area contributed by atoms with E-state index in [0.717, 1.165) is 16.5 Å². The number of rotatable bonds is 4. The highest BCUT2D eigenvalue weighted by atomic mass is 16.5. The van der Waals surface area contributed by atoms with Crippen molar-refractivity contribution in [3.05, 3.63) is 60.3 Å². The zero-order valence-corrected chi connectivity index (χ0v) is 11.7. The van der Waals surface area contributed by atoms with Crippen molar-refractivity contribution in [1.82, 2.24) is 4.98 Å². The van der Waals surface area contributed by atoms with E-state index in [1.165, 1.54) is 0 Å². The molecule has 6 heteroatoms. The van der Waals surface area contributed by atoms with Crippen molar-refractivity contribution in [1.29, 1.82) is 0 Å². The number of ether oxygens (including phenoxy) is 1. The van der Waals surface area contributed by atoms with Crippen LogP contribution in [0.4, 0.5) is 0 Å². The summed E-state index contributed by atoms with van der Waals surface area (Å²) in [7, 11) is -1.47. The molecular formula is C16H14BNO4. The van der Waals surface area contributed by atoms with Gasteiger partial charge in [0.15, 0.2) is 0 Å². The molecule has 0 atom stereocenters. The SMILES string of the molecule is OB(O)c1ccc(COc2cnc3ccc(O)cc3c2)cc1. The Bertz CT molecular complexity index is 790. The van der Waals surface area contributed by atoms with E-state index in [0.29, 0.717) is 17.8 Å². The number of hydrogen-bond donors (Lipinski definition) is 3. The van der Waals surface area contributed by atoms with E-state index in [4.69, 9.17) is 14.8 Å². The van der Waals surface area contributed by atoms with Crippen LogP contribution >= 0.6 is 0 Å². The summed E-state index contributed by atoms with van der Waals surface area (Å²) in [5.41, 5.74) is 2.12. The number of phenols is 1. The molecule has 0 saturated heterocycles. The van der Waals surface area contributed by atoms with Crippen molar-refractivity contribution in [3.8, 4) is 11.5 Å². The second kappa shape index (κ2) is 6.05. The van der Waals surface area contributed by atoms with Gasteiger partial charge in [0.1, 0.15) is 18.1 Å². The molecule has 3 N–H and O–H groups in total. The van der Waals surface area contributed by atoms with E-state index < -0.39 is 7.12 Å². The van der Waals surface area contributed by atoms with Crippen LogP contribution in [0.2, 0.25) is 0 Å². The van der Waals surface area contributed by atoms with Crippen LogP contribution in [0.15, 0.2) is 54.7 Å². The first kappa shape index (κ1) is 14.4. The van der Waals surface area contributed by atoms with Gasteiger partial charge in [-0.15, -0.1) is 0 Å². The quantitative estimate of drug-likeness (QED) is 0.630. The monoisotopic (exact) mass is 295 g/mol. The Hall–Kier alpha value is -2.57. The Morgan fingerprint density at radius 3 is 2.50 bits per heavy atom. The third-order valence-corrected chi connectivity index (χ3v) is 3.32. The lowest BCUT2D eigenvalue weighted by molar-refractivity contribution is 0.305. The maximum absolute atomic E-state index is 9.49. The molecule has 5 nitrogen and oxygen atoms in total. The minimum Gasteiger partial charge on any atom is -0.508 e. The smallest absolute Gasteiger partial charge is 0.488 e. The summed E-state index contributed by atoms with van der Waals surface area (Å²) in [4.78, 5) is 4.27. The summed E-state index contributed by atoms with van der Waals surface area (Å²) in [6.45, 7) is 0.341. The second-order valence-electron chi connectivity index (χ2n) is 4.95. The lowest BCUT2D eigenvalue weighted by Gasteiger charge is -2.08. The Labute approximate surface area is 127 Å². The van der Waals surface area contributed by atoms with Crippen molar-refractivity contribution in [2.24, 2.45) is 0 Å². The average Bonchev–Trinajstić information content (AvgIpc) is 2.53. The van der Waals surface area contributed by atoms with E-state index in [1.807, 2.05) is 6.07 Å². The van der Waals surface area contributed by atoms with Gasteiger partial charge in [-0.25, -0.2) is 0 Å². The molecule has 0 radical (unpaired) electrons. The van der Waals surface area contributed by atoms with Crippen LogP contribution in [-0.4, -0.2) is 27.3 Å². The van der Waals surface area contributed by atoms with E-state index in [2.05, 4.69) is 4.98 Å². The third-order valence-electron chi connectivity index (χ3n) is 3.32. The molecule has 1 aromatic heterocycles. The molecule has 0 amide bonds. The number of aromatic nitrogens is 1. The normalized spacial score (nSPS) is 10.6. The number of fused-ring (bicyclic) bond motifs is 1. The van der Waals surface area contributed by atoms with Gasteiger partial charge in [-0.1, -0.05) is 24.3 Å². The van der Waals surface area contributed by atoms with Gasteiger partial charge < -0.3 is 19.9 Å². The number of benzene rings is 2. The maximum Gasteiger partial charge on any atom is 0.488 e. The number of nitrogens with zero attached hydrogens (tertiary/aromatic N) is 1. The number of hydrogen-bond acceptors (Lipinski definition) is 5. The second-order valence-corrected chi connectivity index (χ2v) is 4.95. The van der Waals surface area contributed by atoms with Crippen LogP contribution in [-0.2, 0) is 6.61 Å². The first-order valence-electron chi connectivity index (χ1n) is 6.78. The topological polar surface area (TPSA) is 82.8 Å². The zero-order chi connectivity index (χ0) is 15.5. The van der Waals surface area contributed by atoms with E-state index in [9.17, 15) is 5.11 Å². The summed E-state index contributed by atoms with van der Waals surface area (Å²) >= 11 is 0. The third kappa shape index (κ3) is 3.19. The molecule has 3 aromatic rings. The highest BCUT2D eigenvalue weighted by molar-refractivity contribution is 6.58. The summed E-state index contributed by atoms with van der Waals surface area (Å²) in [6, 6.07) is 13.6. The molecule has 0 aliphatic carbocycles. The number of pyridine rings is 1. The Morgan fingerprint density at radius 2 is 1.77 bits per heavy atom. The van der Waals surface area contributed by atoms with Crippen molar-refractivity contribution in [2.75, 3.05) is 0 Å². The minimum absolute atomic E-state index is 0.185. The van der Waals surface area contributed by atoms with Gasteiger partial charge in [0.2, 0.25) is 0 Å². The van der Waals surface area contributed by atoms with Crippen LogP contribution in [0.5, 0.6) is 11.5 Å². The van der Waals surface area contributed by atoms with Gasteiger partial charge in [0, 0.05) is 5.39 Å². The molecule has 22 heavy (non-hydrogen) atoms. The molecule has 0 saturated carbocycles. The molecule has 0 aliphatic heterocycles. The van der Waals surface area contributed by atoms with Gasteiger partial charge in [0.05, 0.1) is 11.7 Å². The van der Waals surface area contributed by atoms with Crippen molar-refractivity contribution in [3.63, 3.8) is 0 Å². The zero-order valence-electron chi connectivity index (χ0n) is 11.7. The summed E-state index contributed by atoms with van der Waals surface area (Å²) in [5, 5.41) is 28.4. The fraction of sp³-hybridized carbons (Fsp3) is 0.0625. The Balaban J connectivity index is 1.73. The highest BCUT2D eigenvalue weighted by Gasteiger charge is 2.09. The van der Waals surface area contributed by atoms with Gasteiger partial charge in [-0.3, -0.25) is 4.98 Å². The van der Waals surface area contributed by atoms with Crippen LogP contribution in [0, 0.1) is 0 Å². The average molecular weight is 295 g/mol. The molecule has 1 heterocycles. The summed E-state index contributed by atoms with van der Waals surface area (Å²) in [6.07, 6.45) is 1.63. The predicted octanol–water partition coefficient (Wildman–Crippen LogP) is 1.20. The fourth-order valence-corrected chi connectivity index (χ4v) is 2.13. The molecule has 0 unspecified atom stereocenters. The molecule has 2 aromatic carbocycles. The van der Waals surface area contributed by atoms with E-state index in [-0.39, 0.29) is 5.75 Å². The number of phenolic OH excluding ortho intramolecular Hbond substituents is 1. The molecule has 0 bridgehead atoms. The standard InChI is InChI=1S/C16H14BNO4/c19-14-5-6-16-12(7-14)8-15(9-18-16)22-10-11-1-3-13(4-2-11)17(20)21/h1-9,19-21H,10H2. The van der Waals surface area contributed by atoms with Gasteiger partial charge in [0.25, 0.3) is 0 Å². The fourth-order valence-electron chi connectivity index (χ4n) is 2.13. The van der Waals surface area contributed by atoms with Gasteiger partial charge in [-0.2, -0.15) is 0 Å². The summed E-state index contributed by atoms with van der Waals surface area (Å²) < 4.78 is 5.67. The number of aromatic hydroxyl groups is 1. The van der Waals surface area contributed by atoms with Gasteiger partial charge >= 0.3 is 7.12 Å². The molecule has 3 rings (SSSR count). The van der Waals surface area contributed by atoms with E-state index >= 15 is 0 Å². The van der Waals surface area contributed by atoms with Crippen molar-refractivity contribution in [2.45, 2.75) is 6.61 Å². The lowest BCUT2D eigenvalue weighted by Crippen LogP contribution is -2.29. The van der Waals surface area contributed by atoms with E-state index in [1.54, 1.807) is 48.7 Å².